The van der Waals surface area contributed by atoms with Crippen molar-refractivity contribution in [2.45, 2.75) is 19.9 Å². The van der Waals surface area contributed by atoms with Crippen LogP contribution in [-0.2, 0) is 13.0 Å². The molecule has 1 N–H and O–H groups in total. The molecule has 2 aromatic rings. The Labute approximate surface area is 115 Å². The molecular formula is C15H19ClN2. The zero-order chi connectivity index (χ0) is 11.9. The lowest BCUT2D eigenvalue weighted by atomic mass is 10.1. The van der Waals surface area contributed by atoms with Crippen molar-refractivity contribution in [1.82, 2.24) is 0 Å². The van der Waals surface area contributed by atoms with Crippen LogP contribution in [0, 0.1) is 0 Å². The molecule has 1 aromatic heterocycles. The van der Waals surface area contributed by atoms with Gasteiger partial charge in [-0.25, -0.2) is 4.57 Å². The Morgan fingerprint density at radius 3 is 2.44 bits per heavy atom. The van der Waals surface area contributed by atoms with Gasteiger partial charge in [-0.2, -0.15) is 0 Å². The van der Waals surface area contributed by atoms with Crippen molar-refractivity contribution >= 4 is 5.69 Å². The van der Waals surface area contributed by atoms with Gasteiger partial charge in [0.05, 0.1) is 6.54 Å². The van der Waals surface area contributed by atoms with Gasteiger partial charge in [-0.05, 0) is 18.1 Å². The van der Waals surface area contributed by atoms with Crippen molar-refractivity contribution in [3.05, 3.63) is 60.4 Å². The smallest absolute Gasteiger partial charge is 0.168 e. The van der Waals surface area contributed by atoms with E-state index >= 15 is 0 Å². The lowest BCUT2D eigenvalue weighted by Crippen LogP contribution is -3.00. The minimum atomic E-state index is 0. The first-order valence-electron chi connectivity index (χ1n) is 6.16. The number of halogens is 1. The second-order valence-corrected chi connectivity index (χ2v) is 4.05. The lowest BCUT2D eigenvalue weighted by molar-refractivity contribution is -0.694. The summed E-state index contributed by atoms with van der Waals surface area (Å²) in [6, 6.07) is 14.6. The number of anilines is 1. The average molecular weight is 263 g/mol. The van der Waals surface area contributed by atoms with E-state index in [2.05, 4.69) is 65.6 Å². The van der Waals surface area contributed by atoms with Crippen molar-refractivity contribution in [3.63, 3.8) is 0 Å². The molecule has 0 bridgehead atoms. The Morgan fingerprint density at radius 1 is 1.00 bits per heavy atom. The number of aryl methyl sites for hydroxylation is 1. The van der Waals surface area contributed by atoms with Crippen molar-refractivity contribution in [3.8, 4) is 0 Å². The molecule has 0 atom stereocenters. The SMILES string of the molecule is CCc1ccccc1NCC[n+]1ccccc1.[Cl-]. The van der Waals surface area contributed by atoms with Crippen LogP contribution < -0.4 is 22.3 Å². The summed E-state index contributed by atoms with van der Waals surface area (Å²) in [6.07, 6.45) is 5.25. The number of benzene rings is 1. The molecule has 0 radical (unpaired) electrons. The highest BCUT2D eigenvalue weighted by Gasteiger charge is 2.00. The van der Waals surface area contributed by atoms with E-state index in [4.69, 9.17) is 0 Å². The lowest BCUT2D eigenvalue weighted by Gasteiger charge is -2.08. The first-order valence-corrected chi connectivity index (χ1v) is 6.16. The van der Waals surface area contributed by atoms with Gasteiger partial charge in [0, 0.05) is 17.8 Å². The summed E-state index contributed by atoms with van der Waals surface area (Å²) in [5, 5.41) is 3.49. The van der Waals surface area contributed by atoms with Crippen LogP contribution in [0.2, 0.25) is 0 Å². The van der Waals surface area contributed by atoms with Crippen LogP contribution in [0.1, 0.15) is 12.5 Å². The molecule has 0 saturated heterocycles. The summed E-state index contributed by atoms with van der Waals surface area (Å²) in [4.78, 5) is 0. The summed E-state index contributed by atoms with van der Waals surface area (Å²) in [7, 11) is 0. The Morgan fingerprint density at radius 2 is 1.72 bits per heavy atom. The van der Waals surface area contributed by atoms with Crippen LogP contribution in [0.5, 0.6) is 0 Å². The quantitative estimate of drug-likeness (QED) is 0.729. The van der Waals surface area contributed by atoms with E-state index < -0.39 is 0 Å². The summed E-state index contributed by atoms with van der Waals surface area (Å²) >= 11 is 0. The van der Waals surface area contributed by atoms with Crippen LogP contribution in [0.3, 0.4) is 0 Å². The van der Waals surface area contributed by atoms with Crippen LogP contribution in [0.25, 0.3) is 0 Å². The molecular weight excluding hydrogens is 244 g/mol. The minimum Gasteiger partial charge on any atom is -1.00 e. The molecule has 0 spiro atoms. The highest BCUT2D eigenvalue weighted by molar-refractivity contribution is 5.50. The van der Waals surface area contributed by atoms with Gasteiger partial charge in [0.1, 0.15) is 0 Å². The van der Waals surface area contributed by atoms with Crippen molar-refractivity contribution in [2.24, 2.45) is 0 Å². The molecule has 0 aliphatic rings. The average Bonchev–Trinajstić information content (AvgIpc) is 2.40. The van der Waals surface area contributed by atoms with E-state index in [0.717, 1.165) is 19.5 Å². The van der Waals surface area contributed by atoms with Gasteiger partial charge >= 0.3 is 0 Å². The fourth-order valence-electron chi connectivity index (χ4n) is 1.90. The number of aromatic nitrogens is 1. The van der Waals surface area contributed by atoms with E-state index in [1.807, 2.05) is 6.07 Å². The number of rotatable bonds is 5. The topological polar surface area (TPSA) is 15.9 Å². The highest BCUT2D eigenvalue weighted by atomic mass is 35.5. The van der Waals surface area contributed by atoms with Gasteiger partial charge in [-0.3, -0.25) is 0 Å². The Hall–Kier alpha value is -1.54. The van der Waals surface area contributed by atoms with E-state index in [1.165, 1.54) is 11.3 Å². The second-order valence-electron chi connectivity index (χ2n) is 4.05. The zero-order valence-electron chi connectivity index (χ0n) is 10.6. The van der Waals surface area contributed by atoms with Gasteiger partial charge < -0.3 is 17.7 Å². The summed E-state index contributed by atoms with van der Waals surface area (Å²) in [6.45, 7) is 4.12. The fourth-order valence-corrected chi connectivity index (χ4v) is 1.90. The van der Waals surface area contributed by atoms with Gasteiger partial charge in [0.15, 0.2) is 18.9 Å². The van der Waals surface area contributed by atoms with Gasteiger partial charge in [0.2, 0.25) is 0 Å². The second kappa shape index (κ2) is 7.72. The monoisotopic (exact) mass is 262 g/mol. The summed E-state index contributed by atoms with van der Waals surface area (Å²) in [5.41, 5.74) is 2.64. The first kappa shape index (κ1) is 14.5. The predicted octanol–water partition coefficient (Wildman–Crippen LogP) is -0.347. The third-order valence-electron chi connectivity index (χ3n) is 2.86. The molecule has 2 nitrogen and oxygen atoms in total. The molecule has 0 aliphatic heterocycles. The van der Waals surface area contributed by atoms with Crippen molar-refractivity contribution in [1.29, 1.82) is 0 Å². The number of hydrogen-bond donors (Lipinski definition) is 1. The maximum atomic E-state index is 3.49. The molecule has 3 heteroatoms. The summed E-state index contributed by atoms with van der Waals surface area (Å²) in [5.74, 6) is 0. The Bertz CT molecular complexity index is 457. The summed E-state index contributed by atoms with van der Waals surface area (Å²) < 4.78 is 2.18. The molecule has 0 aliphatic carbocycles. The molecule has 0 amide bonds. The molecule has 2 rings (SSSR count). The molecule has 18 heavy (non-hydrogen) atoms. The standard InChI is InChI=1S/C15H19N2.ClH/c1-2-14-8-4-5-9-15(14)16-10-13-17-11-6-3-7-12-17;/h3-9,11-12,16H,2,10,13H2,1H3;1H/q+1;/p-1. The first-order chi connectivity index (χ1) is 8.40. The maximum Gasteiger partial charge on any atom is 0.168 e. The molecule has 0 fully saturated rings. The molecule has 96 valence electrons. The molecule has 0 saturated carbocycles. The zero-order valence-corrected chi connectivity index (χ0v) is 11.4. The van der Waals surface area contributed by atoms with Crippen molar-refractivity contribution in [2.75, 3.05) is 11.9 Å². The van der Waals surface area contributed by atoms with Gasteiger partial charge in [-0.15, -0.1) is 0 Å². The predicted molar refractivity (Wildman–Crippen MR) is 70.9 cm³/mol. The number of hydrogen-bond acceptors (Lipinski definition) is 1. The van der Waals surface area contributed by atoms with Crippen molar-refractivity contribution < 1.29 is 17.0 Å². The van der Waals surface area contributed by atoms with E-state index in [9.17, 15) is 0 Å². The van der Waals surface area contributed by atoms with E-state index in [1.54, 1.807) is 0 Å². The molecule has 1 aromatic carbocycles. The minimum absolute atomic E-state index is 0. The van der Waals surface area contributed by atoms with E-state index in [-0.39, 0.29) is 12.4 Å². The number of nitrogens with zero attached hydrogens (tertiary/aromatic N) is 1. The van der Waals surface area contributed by atoms with Crippen LogP contribution in [-0.4, -0.2) is 6.54 Å². The number of pyridine rings is 1. The van der Waals surface area contributed by atoms with Gasteiger partial charge in [0.25, 0.3) is 0 Å². The van der Waals surface area contributed by atoms with Crippen LogP contribution >= 0.6 is 0 Å². The Kier molecular flexibility index (Phi) is 6.23. The van der Waals surface area contributed by atoms with Gasteiger partial charge in [-0.1, -0.05) is 31.2 Å². The number of para-hydroxylation sites is 1. The highest BCUT2D eigenvalue weighted by Crippen LogP contribution is 2.14. The molecule has 1 heterocycles. The van der Waals surface area contributed by atoms with Crippen LogP contribution in [0.4, 0.5) is 5.69 Å². The fraction of sp³-hybridized carbons (Fsp3) is 0.267. The normalized spacial score (nSPS) is 9.61. The Balaban J connectivity index is 0.00000162. The largest absolute Gasteiger partial charge is 1.00 e. The van der Waals surface area contributed by atoms with Crippen LogP contribution in [0.15, 0.2) is 54.9 Å². The maximum absolute atomic E-state index is 3.49. The third-order valence-corrected chi connectivity index (χ3v) is 2.86. The number of nitrogens with one attached hydrogen (secondary N) is 1. The van der Waals surface area contributed by atoms with E-state index in [0.29, 0.717) is 0 Å². The third kappa shape index (κ3) is 4.04. The molecule has 0 unspecified atom stereocenters.